The first-order chi connectivity index (χ1) is 27.3. The van der Waals surface area contributed by atoms with E-state index in [0.717, 1.165) is 89.9 Å². The lowest BCUT2D eigenvalue weighted by Gasteiger charge is -2.51. The van der Waals surface area contributed by atoms with Gasteiger partial charge in [-0.2, -0.15) is 0 Å². The highest BCUT2D eigenvalue weighted by molar-refractivity contribution is 5.85. The number of aliphatic hydroxyl groups excluding tert-OH is 1. The molecule has 10 rings (SSSR count). The van der Waals surface area contributed by atoms with Gasteiger partial charge < -0.3 is 19.3 Å². The van der Waals surface area contributed by atoms with E-state index in [2.05, 4.69) is 51.5 Å². The maximum absolute atomic E-state index is 12.6. The van der Waals surface area contributed by atoms with Gasteiger partial charge in [-0.1, -0.05) is 19.1 Å². The van der Waals surface area contributed by atoms with E-state index < -0.39 is 6.10 Å². The summed E-state index contributed by atoms with van der Waals surface area (Å²) in [6.45, 7) is 14.1. The third-order valence-corrected chi connectivity index (χ3v) is 12.3. The Kier molecular flexibility index (Phi) is 12.8. The number of ether oxygens (including phenoxy) is 3. The van der Waals surface area contributed by atoms with Crippen molar-refractivity contribution < 1.29 is 25.5 Å². The monoisotopic (exact) mass is 745 g/mol. The predicted molar refractivity (Wildman–Crippen MR) is 219 cm³/mol. The molecule has 0 saturated carbocycles. The van der Waals surface area contributed by atoms with Crippen LogP contribution in [0.3, 0.4) is 0 Å². The molecule has 55 heavy (non-hydrogen) atoms. The first kappa shape index (κ1) is 38.5. The molecule has 6 fully saturated rings. The van der Waals surface area contributed by atoms with E-state index in [1.54, 1.807) is 20.4 Å². The fraction of sp³-hybridized carbons (Fsp3) is 0.457. The zero-order chi connectivity index (χ0) is 39.8. The number of benzene rings is 2. The van der Waals surface area contributed by atoms with Crippen molar-refractivity contribution in [2.24, 2.45) is 23.7 Å². The Hall–Kier alpha value is -4.75. The van der Waals surface area contributed by atoms with Crippen LogP contribution in [0.2, 0.25) is 0 Å². The fourth-order valence-corrected chi connectivity index (χ4v) is 9.41. The van der Waals surface area contributed by atoms with Gasteiger partial charge in [-0.25, -0.2) is 0 Å². The summed E-state index contributed by atoms with van der Waals surface area (Å²) in [5.74, 6) is 3.79. The number of carbonyl (C=O) groups excluding carboxylic acids is 1. The summed E-state index contributed by atoms with van der Waals surface area (Å²) < 4.78 is 22.7. The maximum atomic E-state index is 12.6. The van der Waals surface area contributed by atoms with Gasteiger partial charge in [-0.15, -0.1) is 26.0 Å². The molecule has 6 aliphatic rings. The lowest BCUT2D eigenvalue weighted by Crippen LogP contribution is -2.55. The summed E-state index contributed by atoms with van der Waals surface area (Å²) in [4.78, 5) is 26.4. The van der Waals surface area contributed by atoms with Crippen LogP contribution in [0.1, 0.15) is 70.2 Å². The third-order valence-electron chi connectivity index (χ3n) is 12.3. The number of esters is 1. The molecule has 8 heterocycles. The van der Waals surface area contributed by atoms with Gasteiger partial charge in [-0.05, 0) is 123 Å². The number of nitrogens with zero attached hydrogens (tertiary/aromatic N) is 4. The van der Waals surface area contributed by atoms with Crippen LogP contribution in [0.15, 0.2) is 86.2 Å². The second-order valence-electron chi connectivity index (χ2n) is 15.2. The summed E-state index contributed by atoms with van der Waals surface area (Å²) >= 11 is 0. The van der Waals surface area contributed by atoms with E-state index in [1.165, 1.54) is 19.2 Å². The minimum absolute atomic E-state index is 0.131. The van der Waals surface area contributed by atoms with Crippen LogP contribution < -0.4 is 9.47 Å². The highest BCUT2D eigenvalue weighted by atomic mass is 16.5. The van der Waals surface area contributed by atoms with Crippen LogP contribution >= 0.6 is 0 Å². The van der Waals surface area contributed by atoms with Crippen molar-refractivity contribution in [3.63, 3.8) is 0 Å². The van der Waals surface area contributed by atoms with Crippen LogP contribution in [-0.2, 0) is 9.53 Å². The molecule has 4 aromatic rings. The second kappa shape index (κ2) is 18.3. The average Bonchev–Trinajstić information content (AvgIpc) is 3.25. The standard InChI is InChI=1S/C24H30N2O3.C20H24N2O2.C2H2/c1-4-6-23(27)29-24(22-13-17-10-12-26(22)15-16(17)5-2)19-9-11-25-21-8-7-18(28-3)14-20(19)21;1-3-13-12-22-9-7-14(13)10-19(22)20(23)16-6-8-21-18-5-4-15(24-2)11-17(16)18;1-2/h5,7-9,11,14,16-17,22,24H,2,4,6,10,12-13,15H2,1,3H3;3-6,8,11,13-14,19-20,23H,1,7,9-10,12H2,2H3;1-2H/t16-,17?,22+,24-;13-,14?,19+,20-;/m00./s1/i;;1D. The van der Waals surface area contributed by atoms with Crippen molar-refractivity contribution in [3.05, 3.63) is 97.4 Å². The molecule has 4 bridgehead atoms. The zero-order valence-corrected chi connectivity index (χ0v) is 32.5. The largest absolute Gasteiger partial charge is 0.497 e. The lowest BCUT2D eigenvalue weighted by molar-refractivity contribution is -0.157. The summed E-state index contributed by atoms with van der Waals surface area (Å²) in [5, 5.41) is 13.1. The molecule has 0 spiro atoms. The lowest BCUT2D eigenvalue weighted by atomic mass is 9.73. The molecular formula is C46H56N4O5. The van der Waals surface area contributed by atoms with Gasteiger partial charge in [0.25, 0.3) is 0 Å². The molecular weight excluding hydrogens is 689 g/mol. The Balaban J connectivity index is 0.000000180. The second-order valence-corrected chi connectivity index (χ2v) is 15.2. The number of rotatable bonds is 11. The van der Waals surface area contributed by atoms with Crippen molar-refractivity contribution in [1.29, 1.82) is 0 Å². The summed E-state index contributed by atoms with van der Waals surface area (Å²) in [6.07, 6.45) is 18.4. The third kappa shape index (κ3) is 8.42. The number of hydrogen-bond acceptors (Lipinski definition) is 9. The molecule has 4 unspecified atom stereocenters. The van der Waals surface area contributed by atoms with Crippen LogP contribution in [0.4, 0.5) is 0 Å². The summed E-state index contributed by atoms with van der Waals surface area (Å²) in [7, 11) is 3.33. The number of aliphatic hydroxyl groups is 1. The van der Waals surface area contributed by atoms with Crippen molar-refractivity contribution in [2.75, 3.05) is 40.4 Å². The van der Waals surface area contributed by atoms with Crippen molar-refractivity contribution >= 4 is 27.8 Å². The van der Waals surface area contributed by atoms with Gasteiger partial charge in [0.2, 0.25) is 0 Å². The Bertz CT molecular complexity index is 2030. The Morgan fingerprint density at radius 3 is 1.87 bits per heavy atom. The molecule has 0 radical (unpaired) electrons. The predicted octanol–water partition coefficient (Wildman–Crippen LogP) is 7.95. The molecule has 6 saturated heterocycles. The Labute approximate surface area is 327 Å². The Morgan fingerprint density at radius 1 is 0.891 bits per heavy atom. The van der Waals surface area contributed by atoms with Gasteiger partial charge >= 0.3 is 5.97 Å². The van der Waals surface area contributed by atoms with E-state index in [1.807, 2.05) is 61.7 Å². The van der Waals surface area contributed by atoms with Gasteiger partial charge in [0.05, 0.1) is 37.4 Å². The van der Waals surface area contributed by atoms with Crippen LogP contribution in [-0.4, -0.2) is 83.3 Å². The molecule has 10 atom stereocenters. The van der Waals surface area contributed by atoms with Crippen molar-refractivity contribution in [3.8, 4) is 24.3 Å². The molecule has 2 aromatic heterocycles. The van der Waals surface area contributed by atoms with E-state index in [9.17, 15) is 9.90 Å². The van der Waals surface area contributed by atoms with Gasteiger partial charge in [0.1, 0.15) is 19.0 Å². The number of pyridine rings is 2. The van der Waals surface area contributed by atoms with E-state index >= 15 is 0 Å². The van der Waals surface area contributed by atoms with Crippen molar-refractivity contribution in [2.45, 2.75) is 69.7 Å². The SMILES string of the molecule is C=C[C@H]1CN2CCC1C[C@@H]2[C@@H](O)c1ccnc2ccc(OC)cc12.C=C[C@H]1CN2CCC1C[C@@H]2[C@@H](OC(=O)CCC)c1ccnc2ccc(OC)cc12.[2H]C#C. The molecule has 9 heteroatoms. The fourth-order valence-electron chi connectivity index (χ4n) is 9.41. The van der Waals surface area contributed by atoms with E-state index in [-0.39, 0.29) is 24.2 Å². The number of aromatic nitrogens is 2. The highest BCUT2D eigenvalue weighted by Crippen LogP contribution is 2.45. The first-order valence-electron chi connectivity index (χ1n) is 20.1. The van der Waals surface area contributed by atoms with Crippen LogP contribution in [0.25, 0.3) is 21.8 Å². The first-order valence-corrected chi connectivity index (χ1v) is 19.6. The number of hydrogen-bond donors (Lipinski definition) is 1. The quantitative estimate of drug-likeness (QED) is 0.0933. The highest BCUT2D eigenvalue weighted by Gasteiger charge is 2.45. The molecule has 1 N–H and O–H groups in total. The van der Waals surface area contributed by atoms with E-state index in [0.29, 0.717) is 30.1 Å². The van der Waals surface area contributed by atoms with E-state index in [4.69, 9.17) is 15.6 Å². The smallest absolute Gasteiger partial charge is 0.306 e. The summed E-state index contributed by atoms with van der Waals surface area (Å²) in [5.41, 5.74) is 3.75. The minimum atomic E-state index is -0.504. The van der Waals surface area contributed by atoms with Gasteiger partial charge in [0.15, 0.2) is 0 Å². The minimum Gasteiger partial charge on any atom is -0.497 e. The molecule has 6 aliphatic heterocycles. The Morgan fingerprint density at radius 2 is 1.40 bits per heavy atom. The molecule has 2 aromatic carbocycles. The maximum Gasteiger partial charge on any atom is 0.306 e. The van der Waals surface area contributed by atoms with Crippen LogP contribution in [0, 0.1) is 36.5 Å². The van der Waals surface area contributed by atoms with Gasteiger partial charge in [-0.3, -0.25) is 24.6 Å². The number of piperidine rings is 6. The number of fused-ring (bicyclic) bond motifs is 8. The average molecular weight is 746 g/mol. The topological polar surface area (TPSA) is 97.2 Å². The zero-order valence-electron chi connectivity index (χ0n) is 33.5. The number of terminal acetylenes is 1. The molecule has 290 valence electrons. The van der Waals surface area contributed by atoms with Crippen molar-refractivity contribution in [1.82, 2.24) is 19.8 Å². The number of carbonyl (C=O) groups is 1. The van der Waals surface area contributed by atoms with Gasteiger partial charge in [0, 0.05) is 54.3 Å². The van der Waals surface area contributed by atoms with Crippen LogP contribution in [0.5, 0.6) is 11.5 Å². The normalized spacial score (nSPS) is 27.5. The summed E-state index contributed by atoms with van der Waals surface area (Å²) in [6, 6.07) is 16.0. The number of methoxy groups -OCH3 is 2. The molecule has 0 aliphatic carbocycles. The molecule has 0 amide bonds. The molecule has 9 nitrogen and oxygen atoms in total.